The topological polar surface area (TPSA) is 17.8 Å². The Balaban J connectivity index is 0.000000461. The lowest BCUT2D eigenvalue weighted by molar-refractivity contribution is 0.478. The van der Waals surface area contributed by atoms with E-state index in [9.17, 15) is 0 Å². The predicted octanol–water partition coefficient (Wildman–Crippen LogP) is 2.88. The minimum Gasteiger partial charge on any atom is -0.270 e. The summed E-state index contributed by atoms with van der Waals surface area (Å²) in [7, 11) is 0. The minimum atomic E-state index is 0.542. The van der Waals surface area contributed by atoms with E-state index in [2.05, 4.69) is 18.9 Å². The van der Waals surface area contributed by atoms with Crippen LogP contribution in [-0.2, 0) is 0 Å². The van der Waals surface area contributed by atoms with Gasteiger partial charge in [0.1, 0.15) is 0 Å². The second-order valence-corrected chi connectivity index (χ2v) is 2.24. The molecule has 0 N–H and O–H groups in total. The van der Waals surface area contributed by atoms with Gasteiger partial charge in [-0.1, -0.05) is 20.8 Å². The summed E-state index contributed by atoms with van der Waals surface area (Å²) in [4.78, 5) is 0. The molecule has 2 heteroatoms. The molecule has 1 unspecified atom stereocenters. The van der Waals surface area contributed by atoms with Gasteiger partial charge in [0.2, 0.25) is 0 Å². The highest BCUT2D eigenvalue weighted by Gasteiger charge is 1.97. The molecule has 0 spiro atoms. The van der Waals surface area contributed by atoms with Gasteiger partial charge in [0.05, 0.1) is 0 Å². The second-order valence-electron chi connectivity index (χ2n) is 2.24. The maximum absolute atomic E-state index is 4.10. The van der Waals surface area contributed by atoms with Crippen molar-refractivity contribution in [3.8, 4) is 0 Å². The quantitative estimate of drug-likeness (QED) is 0.640. The first-order chi connectivity index (χ1) is 5.34. The summed E-state index contributed by atoms with van der Waals surface area (Å²) in [5.74, 6) is 0. The van der Waals surface area contributed by atoms with Crippen molar-refractivity contribution in [2.45, 2.75) is 40.2 Å². The fraction of sp³-hybridized carbons (Fsp3) is 0.667. The van der Waals surface area contributed by atoms with Gasteiger partial charge in [-0.3, -0.25) is 4.68 Å². The third kappa shape index (κ3) is 3.21. The van der Waals surface area contributed by atoms with Crippen LogP contribution in [0.1, 0.15) is 40.2 Å². The fourth-order valence-corrected chi connectivity index (χ4v) is 0.728. The van der Waals surface area contributed by atoms with E-state index in [1.807, 2.05) is 37.0 Å². The number of hydrogen-bond acceptors (Lipinski definition) is 1. The molecule has 0 aliphatic carbocycles. The highest BCUT2D eigenvalue weighted by Crippen LogP contribution is 2.05. The van der Waals surface area contributed by atoms with Gasteiger partial charge < -0.3 is 0 Å². The highest BCUT2D eigenvalue weighted by molar-refractivity contribution is 4.79. The molecule has 0 aromatic carbocycles. The zero-order valence-corrected chi connectivity index (χ0v) is 7.91. The molecular formula is C9H18N2. The third-order valence-electron chi connectivity index (χ3n) is 1.57. The average molecular weight is 154 g/mol. The van der Waals surface area contributed by atoms with E-state index in [1.165, 1.54) is 0 Å². The van der Waals surface area contributed by atoms with E-state index in [1.54, 1.807) is 0 Å². The molecule has 1 aromatic rings. The smallest absolute Gasteiger partial charge is 0.0489 e. The summed E-state index contributed by atoms with van der Waals surface area (Å²) < 4.78 is 1.97. The van der Waals surface area contributed by atoms with Crippen molar-refractivity contribution in [2.24, 2.45) is 0 Å². The van der Waals surface area contributed by atoms with Crippen molar-refractivity contribution in [3.63, 3.8) is 0 Å². The van der Waals surface area contributed by atoms with Crippen LogP contribution in [0.15, 0.2) is 18.5 Å². The molecule has 0 radical (unpaired) electrons. The first kappa shape index (κ1) is 10.2. The van der Waals surface area contributed by atoms with Crippen LogP contribution in [0.5, 0.6) is 0 Å². The molecule has 0 saturated carbocycles. The van der Waals surface area contributed by atoms with E-state index in [4.69, 9.17) is 0 Å². The highest BCUT2D eigenvalue weighted by atomic mass is 15.3. The van der Waals surface area contributed by atoms with Gasteiger partial charge >= 0.3 is 0 Å². The first-order valence-electron chi connectivity index (χ1n) is 4.33. The molecule has 0 amide bonds. The molecule has 1 aromatic heterocycles. The van der Waals surface area contributed by atoms with Crippen LogP contribution in [-0.4, -0.2) is 9.78 Å². The minimum absolute atomic E-state index is 0.542. The second kappa shape index (κ2) is 5.96. The van der Waals surface area contributed by atoms with Crippen molar-refractivity contribution in [3.05, 3.63) is 18.5 Å². The lowest BCUT2D eigenvalue weighted by atomic mass is 10.3. The van der Waals surface area contributed by atoms with Crippen molar-refractivity contribution in [2.75, 3.05) is 0 Å². The summed E-state index contributed by atoms with van der Waals surface area (Å²) in [6, 6.07) is 2.49. The molecular weight excluding hydrogens is 136 g/mol. The lowest BCUT2D eigenvalue weighted by Gasteiger charge is -2.06. The maximum atomic E-state index is 4.10. The molecule has 1 heterocycles. The normalized spacial score (nSPS) is 11.6. The van der Waals surface area contributed by atoms with Crippen molar-refractivity contribution in [1.82, 2.24) is 9.78 Å². The van der Waals surface area contributed by atoms with Crippen LogP contribution in [0.4, 0.5) is 0 Å². The molecule has 0 aliphatic rings. The summed E-state index contributed by atoms with van der Waals surface area (Å²) in [5.41, 5.74) is 0. The molecule has 0 aliphatic heterocycles. The van der Waals surface area contributed by atoms with Gasteiger partial charge in [-0.15, -0.1) is 0 Å². The van der Waals surface area contributed by atoms with Crippen LogP contribution in [0.3, 0.4) is 0 Å². The predicted molar refractivity (Wildman–Crippen MR) is 48.6 cm³/mol. The number of nitrogens with zero attached hydrogens (tertiary/aromatic N) is 2. The van der Waals surface area contributed by atoms with E-state index in [0.717, 1.165) is 6.42 Å². The number of hydrogen-bond donors (Lipinski definition) is 0. The molecule has 11 heavy (non-hydrogen) atoms. The first-order valence-corrected chi connectivity index (χ1v) is 4.33. The van der Waals surface area contributed by atoms with Crippen LogP contribution in [0.2, 0.25) is 0 Å². The Labute approximate surface area is 69.2 Å². The Kier molecular flexibility index (Phi) is 5.53. The van der Waals surface area contributed by atoms with E-state index in [0.29, 0.717) is 6.04 Å². The SMILES string of the molecule is CC.CCC(C)n1cccn1. The van der Waals surface area contributed by atoms with Crippen molar-refractivity contribution >= 4 is 0 Å². The van der Waals surface area contributed by atoms with Crippen LogP contribution in [0, 0.1) is 0 Å². The molecule has 0 saturated heterocycles. The number of aromatic nitrogens is 2. The number of rotatable bonds is 2. The van der Waals surface area contributed by atoms with Gasteiger partial charge in [0, 0.05) is 18.4 Å². The zero-order valence-electron chi connectivity index (χ0n) is 7.91. The van der Waals surface area contributed by atoms with Crippen molar-refractivity contribution in [1.29, 1.82) is 0 Å². The molecule has 0 bridgehead atoms. The van der Waals surface area contributed by atoms with Crippen LogP contribution < -0.4 is 0 Å². The Morgan fingerprint density at radius 2 is 2.09 bits per heavy atom. The van der Waals surface area contributed by atoms with Gasteiger partial charge in [-0.25, -0.2) is 0 Å². The molecule has 1 rings (SSSR count). The van der Waals surface area contributed by atoms with Gasteiger partial charge in [0.25, 0.3) is 0 Å². The summed E-state index contributed by atoms with van der Waals surface area (Å²) >= 11 is 0. The Hall–Kier alpha value is -0.790. The Morgan fingerprint density at radius 1 is 1.45 bits per heavy atom. The zero-order chi connectivity index (χ0) is 8.69. The third-order valence-corrected chi connectivity index (χ3v) is 1.57. The summed E-state index contributed by atoms with van der Waals surface area (Å²) in [5, 5.41) is 4.10. The Morgan fingerprint density at radius 3 is 2.45 bits per heavy atom. The molecule has 0 fully saturated rings. The van der Waals surface area contributed by atoms with Gasteiger partial charge in [-0.2, -0.15) is 5.10 Å². The molecule has 64 valence electrons. The fourth-order valence-electron chi connectivity index (χ4n) is 0.728. The van der Waals surface area contributed by atoms with E-state index >= 15 is 0 Å². The average Bonchev–Trinajstić information content (AvgIpc) is 2.59. The lowest BCUT2D eigenvalue weighted by Crippen LogP contribution is -2.03. The Bertz CT molecular complexity index is 156. The molecule has 2 nitrogen and oxygen atoms in total. The summed E-state index contributed by atoms with van der Waals surface area (Å²) in [6.45, 7) is 8.32. The monoisotopic (exact) mass is 154 g/mol. The van der Waals surface area contributed by atoms with Crippen LogP contribution >= 0.6 is 0 Å². The van der Waals surface area contributed by atoms with Crippen molar-refractivity contribution < 1.29 is 0 Å². The van der Waals surface area contributed by atoms with Gasteiger partial charge in [-0.05, 0) is 19.4 Å². The molecule has 1 atom stereocenters. The standard InChI is InChI=1S/C7H12N2.C2H6/c1-3-7(2)9-6-4-5-8-9;1-2/h4-7H,3H2,1-2H3;1-2H3. The largest absolute Gasteiger partial charge is 0.270 e. The van der Waals surface area contributed by atoms with E-state index < -0.39 is 0 Å². The summed E-state index contributed by atoms with van der Waals surface area (Å²) in [6.07, 6.45) is 4.95. The maximum Gasteiger partial charge on any atom is 0.0489 e. The van der Waals surface area contributed by atoms with E-state index in [-0.39, 0.29) is 0 Å². The van der Waals surface area contributed by atoms with Gasteiger partial charge in [0.15, 0.2) is 0 Å². The van der Waals surface area contributed by atoms with Crippen LogP contribution in [0.25, 0.3) is 0 Å².